The van der Waals surface area contributed by atoms with Gasteiger partial charge in [0.15, 0.2) is 5.75 Å². The Morgan fingerprint density at radius 1 is 1.07 bits per heavy atom. The lowest BCUT2D eigenvalue weighted by Crippen LogP contribution is -2.22. The predicted molar refractivity (Wildman–Crippen MR) is 120 cm³/mol. The summed E-state index contributed by atoms with van der Waals surface area (Å²) in [5.41, 5.74) is 3.63. The Balaban J connectivity index is 1.52. The van der Waals surface area contributed by atoms with E-state index in [2.05, 4.69) is 22.4 Å². The number of amides is 1. The third kappa shape index (κ3) is 6.21. The van der Waals surface area contributed by atoms with Gasteiger partial charge < -0.3 is 15.0 Å². The summed E-state index contributed by atoms with van der Waals surface area (Å²) in [7, 11) is 0. The Hall–Kier alpha value is -3.60. The van der Waals surface area contributed by atoms with Gasteiger partial charge in [-0.1, -0.05) is 68.4 Å². The van der Waals surface area contributed by atoms with Gasteiger partial charge in [-0.15, -0.1) is 0 Å². The zero-order valence-corrected chi connectivity index (χ0v) is 17.2. The molecule has 154 valence electrons. The SMILES string of the molecule is CC(C)COc1c[nH]c(CNC(=O)/C=C/c2ccc(-c3ccccc3)cc2)cc1=O. The van der Waals surface area contributed by atoms with E-state index in [0.29, 0.717) is 18.2 Å². The van der Waals surface area contributed by atoms with Crippen molar-refractivity contribution in [3.05, 3.63) is 94.4 Å². The predicted octanol–water partition coefficient (Wildman–Crippen LogP) is 4.41. The monoisotopic (exact) mass is 402 g/mol. The summed E-state index contributed by atoms with van der Waals surface area (Å²) in [4.78, 5) is 27.1. The van der Waals surface area contributed by atoms with Gasteiger partial charge in [-0.25, -0.2) is 0 Å². The van der Waals surface area contributed by atoms with Gasteiger partial charge in [0, 0.05) is 24.0 Å². The summed E-state index contributed by atoms with van der Waals surface area (Å²) in [6, 6.07) is 19.6. The third-order valence-electron chi connectivity index (χ3n) is 4.41. The molecule has 1 aromatic heterocycles. The van der Waals surface area contributed by atoms with Crippen LogP contribution in [0, 0.1) is 5.92 Å². The highest BCUT2D eigenvalue weighted by molar-refractivity contribution is 5.91. The fourth-order valence-corrected chi connectivity index (χ4v) is 2.80. The molecule has 0 saturated carbocycles. The van der Waals surface area contributed by atoms with Gasteiger partial charge in [-0.3, -0.25) is 9.59 Å². The van der Waals surface area contributed by atoms with Gasteiger partial charge in [0.1, 0.15) is 0 Å². The fraction of sp³-hybridized carbons (Fsp3) is 0.200. The van der Waals surface area contributed by atoms with Crippen molar-refractivity contribution in [2.24, 2.45) is 5.92 Å². The molecule has 0 aliphatic carbocycles. The zero-order valence-electron chi connectivity index (χ0n) is 17.2. The number of pyridine rings is 1. The quantitative estimate of drug-likeness (QED) is 0.549. The molecule has 5 nitrogen and oxygen atoms in total. The highest BCUT2D eigenvalue weighted by Crippen LogP contribution is 2.19. The summed E-state index contributed by atoms with van der Waals surface area (Å²) in [6.07, 6.45) is 4.78. The maximum Gasteiger partial charge on any atom is 0.244 e. The van der Waals surface area contributed by atoms with Crippen LogP contribution in [0.5, 0.6) is 5.75 Å². The van der Waals surface area contributed by atoms with Crippen molar-refractivity contribution >= 4 is 12.0 Å². The molecule has 0 atom stereocenters. The standard InChI is InChI=1S/C25H26N2O3/c1-18(2)17-30-24-16-26-22(14-23(24)28)15-27-25(29)13-10-19-8-11-21(12-9-19)20-6-4-3-5-7-20/h3-14,16,18H,15,17H2,1-2H3,(H,26,28)(H,27,29)/b13-10+. The van der Waals surface area contributed by atoms with E-state index in [1.54, 1.807) is 6.08 Å². The molecule has 0 aliphatic rings. The van der Waals surface area contributed by atoms with E-state index in [1.807, 2.05) is 56.3 Å². The maximum atomic E-state index is 12.1. The van der Waals surface area contributed by atoms with Crippen LogP contribution in [0.3, 0.4) is 0 Å². The van der Waals surface area contributed by atoms with Gasteiger partial charge in [0.2, 0.25) is 11.3 Å². The number of ether oxygens (including phenoxy) is 1. The van der Waals surface area contributed by atoms with Gasteiger partial charge in [-0.05, 0) is 28.7 Å². The molecule has 0 radical (unpaired) electrons. The fourth-order valence-electron chi connectivity index (χ4n) is 2.80. The van der Waals surface area contributed by atoms with E-state index in [1.165, 1.54) is 18.3 Å². The van der Waals surface area contributed by atoms with Crippen molar-refractivity contribution in [3.63, 3.8) is 0 Å². The number of aromatic nitrogens is 1. The molecular formula is C25H26N2O3. The van der Waals surface area contributed by atoms with Gasteiger partial charge >= 0.3 is 0 Å². The smallest absolute Gasteiger partial charge is 0.244 e. The van der Waals surface area contributed by atoms with E-state index < -0.39 is 0 Å². The van der Waals surface area contributed by atoms with Crippen LogP contribution < -0.4 is 15.5 Å². The second-order valence-corrected chi connectivity index (χ2v) is 7.43. The highest BCUT2D eigenvalue weighted by atomic mass is 16.5. The van der Waals surface area contributed by atoms with Crippen LogP contribution in [0.2, 0.25) is 0 Å². The summed E-state index contributed by atoms with van der Waals surface area (Å²) in [5, 5.41) is 2.77. The Labute approximate surface area is 176 Å². The van der Waals surface area contributed by atoms with E-state index >= 15 is 0 Å². The third-order valence-corrected chi connectivity index (χ3v) is 4.41. The molecule has 5 heteroatoms. The number of carbonyl (C=O) groups excluding carboxylic acids is 1. The first kappa shape index (κ1) is 21.1. The van der Waals surface area contributed by atoms with Gasteiger partial charge in [0.25, 0.3) is 0 Å². The molecule has 2 N–H and O–H groups in total. The van der Waals surface area contributed by atoms with Crippen molar-refractivity contribution < 1.29 is 9.53 Å². The largest absolute Gasteiger partial charge is 0.488 e. The van der Waals surface area contributed by atoms with E-state index in [-0.39, 0.29) is 23.6 Å². The molecule has 1 heterocycles. The average molecular weight is 402 g/mol. The van der Waals surface area contributed by atoms with E-state index in [4.69, 9.17) is 4.74 Å². The lowest BCUT2D eigenvalue weighted by molar-refractivity contribution is -0.116. The Morgan fingerprint density at radius 3 is 2.43 bits per heavy atom. The second kappa shape index (κ2) is 10.3. The minimum absolute atomic E-state index is 0.201. The number of carbonyl (C=O) groups is 1. The summed E-state index contributed by atoms with van der Waals surface area (Å²) in [6.45, 7) is 4.75. The maximum absolute atomic E-state index is 12.1. The first-order chi connectivity index (χ1) is 14.5. The molecule has 0 unspecified atom stereocenters. The summed E-state index contributed by atoms with van der Waals surface area (Å²) in [5.74, 6) is 0.394. The van der Waals surface area contributed by atoms with Crippen molar-refractivity contribution in [1.82, 2.24) is 10.3 Å². The van der Waals surface area contributed by atoms with Crippen molar-refractivity contribution in [1.29, 1.82) is 0 Å². The molecule has 2 aromatic carbocycles. The van der Waals surface area contributed by atoms with Crippen LogP contribution in [0.1, 0.15) is 25.1 Å². The van der Waals surface area contributed by atoms with Crippen LogP contribution in [-0.4, -0.2) is 17.5 Å². The molecule has 1 amide bonds. The number of rotatable bonds is 8. The summed E-state index contributed by atoms with van der Waals surface area (Å²) < 4.78 is 5.46. The van der Waals surface area contributed by atoms with Crippen LogP contribution >= 0.6 is 0 Å². The highest BCUT2D eigenvalue weighted by Gasteiger charge is 2.05. The van der Waals surface area contributed by atoms with Crippen LogP contribution in [-0.2, 0) is 11.3 Å². The molecule has 0 fully saturated rings. The van der Waals surface area contributed by atoms with E-state index in [0.717, 1.165) is 16.7 Å². The second-order valence-electron chi connectivity index (χ2n) is 7.43. The topological polar surface area (TPSA) is 71.2 Å². The van der Waals surface area contributed by atoms with Crippen LogP contribution in [0.4, 0.5) is 0 Å². The number of hydrogen-bond acceptors (Lipinski definition) is 3. The Morgan fingerprint density at radius 2 is 1.77 bits per heavy atom. The average Bonchev–Trinajstić information content (AvgIpc) is 2.76. The molecule has 0 bridgehead atoms. The molecule has 30 heavy (non-hydrogen) atoms. The molecule has 0 aliphatic heterocycles. The minimum atomic E-state index is -0.233. The lowest BCUT2D eigenvalue weighted by atomic mass is 10.0. The number of nitrogens with one attached hydrogen (secondary N) is 2. The molecule has 0 saturated heterocycles. The normalized spacial score (nSPS) is 11.0. The van der Waals surface area contributed by atoms with Crippen LogP contribution in [0.25, 0.3) is 17.2 Å². The zero-order chi connectivity index (χ0) is 21.3. The van der Waals surface area contributed by atoms with Crippen molar-refractivity contribution in [3.8, 4) is 16.9 Å². The molecule has 3 aromatic rings. The molecule has 3 rings (SSSR count). The first-order valence-corrected chi connectivity index (χ1v) is 9.97. The molecular weight excluding hydrogens is 376 g/mol. The van der Waals surface area contributed by atoms with Gasteiger partial charge in [0.05, 0.1) is 13.2 Å². The lowest BCUT2D eigenvalue weighted by Gasteiger charge is -2.09. The van der Waals surface area contributed by atoms with Crippen LogP contribution in [0.15, 0.2) is 77.7 Å². The minimum Gasteiger partial charge on any atom is -0.488 e. The van der Waals surface area contributed by atoms with Crippen molar-refractivity contribution in [2.45, 2.75) is 20.4 Å². The number of benzene rings is 2. The Kier molecular flexibility index (Phi) is 7.22. The van der Waals surface area contributed by atoms with Gasteiger partial charge in [-0.2, -0.15) is 0 Å². The molecule has 0 spiro atoms. The number of hydrogen-bond donors (Lipinski definition) is 2. The van der Waals surface area contributed by atoms with Crippen molar-refractivity contribution in [2.75, 3.05) is 6.61 Å². The number of aromatic amines is 1. The first-order valence-electron chi connectivity index (χ1n) is 9.97. The number of H-pyrrole nitrogens is 1. The Bertz CT molecular complexity index is 1050. The van der Waals surface area contributed by atoms with E-state index in [9.17, 15) is 9.59 Å². The summed E-state index contributed by atoms with van der Waals surface area (Å²) >= 11 is 0.